The molecular formula is C12H11N3O2S2. The van der Waals surface area contributed by atoms with Crippen molar-refractivity contribution >= 4 is 33.8 Å². The lowest BCUT2D eigenvalue weighted by Gasteiger charge is -1.96. The van der Waals surface area contributed by atoms with Crippen LogP contribution in [0.2, 0.25) is 0 Å². The van der Waals surface area contributed by atoms with E-state index in [1.807, 2.05) is 6.92 Å². The van der Waals surface area contributed by atoms with Gasteiger partial charge >= 0.3 is 0 Å². The van der Waals surface area contributed by atoms with E-state index in [9.17, 15) is 4.79 Å². The highest BCUT2D eigenvalue weighted by Gasteiger charge is 2.12. The highest BCUT2D eigenvalue weighted by Crippen LogP contribution is 2.22. The molecule has 98 valence electrons. The van der Waals surface area contributed by atoms with Gasteiger partial charge in [0.05, 0.1) is 22.6 Å². The van der Waals surface area contributed by atoms with E-state index in [0.29, 0.717) is 16.3 Å². The Labute approximate surface area is 118 Å². The van der Waals surface area contributed by atoms with E-state index in [-0.39, 0.29) is 12.5 Å². The number of aliphatic hydroxyl groups excluding tert-OH is 1. The first kappa shape index (κ1) is 13.7. The van der Waals surface area contributed by atoms with Crippen LogP contribution in [-0.2, 0) is 0 Å². The lowest BCUT2D eigenvalue weighted by molar-refractivity contribution is 0.103. The molecule has 0 aliphatic rings. The normalized spacial score (nSPS) is 9.79. The van der Waals surface area contributed by atoms with Crippen LogP contribution in [0.3, 0.4) is 0 Å². The van der Waals surface area contributed by atoms with Gasteiger partial charge in [-0.15, -0.1) is 16.4 Å². The van der Waals surface area contributed by atoms with E-state index in [1.165, 1.54) is 17.5 Å². The zero-order valence-corrected chi connectivity index (χ0v) is 11.8. The molecule has 1 amide bonds. The third-order valence-corrected chi connectivity index (χ3v) is 3.91. The summed E-state index contributed by atoms with van der Waals surface area (Å²) >= 11 is 2.47. The van der Waals surface area contributed by atoms with Gasteiger partial charge in [-0.1, -0.05) is 16.3 Å². The third-order valence-electron chi connectivity index (χ3n) is 2.18. The van der Waals surface area contributed by atoms with Crippen LogP contribution in [0.1, 0.15) is 26.5 Å². The van der Waals surface area contributed by atoms with Crippen molar-refractivity contribution in [2.45, 2.75) is 13.3 Å². The largest absolute Gasteiger partial charge is 0.395 e. The molecule has 0 bridgehead atoms. The van der Waals surface area contributed by atoms with Crippen molar-refractivity contribution in [3.63, 3.8) is 0 Å². The summed E-state index contributed by atoms with van der Waals surface area (Å²) in [6.45, 7) is 1.95. The Hall–Kier alpha value is -1.75. The molecule has 0 fully saturated rings. The molecule has 5 nitrogen and oxygen atoms in total. The summed E-state index contributed by atoms with van der Waals surface area (Å²) in [4.78, 5) is 13.4. The quantitative estimate of drug-likeness (QED) is 0.848. The fourth-order valence-electron chi connectivity index (χ4n) is 1.31. The molecule has 0 saturated carbocycles. The summed E-state index contributed by atoms with van der Waals surface area (Å²) in [6.07, 6.45) is 1.94. The molecule has 2 rings (SSSR count). The molecule has 0 unspecified atom stereocenters. The van der Waals surface area contributed by atoms with Gasteiger partial charge in [0.15, 0.2) is 0 Å². The lowest BCUT2D eigenvalue weighted by atomic mass is 10.2. The Bertz CT molecular complexity index is 623. The average Bonchev–Trinajstić information content (AvgIpc) is 3.00. The van der Waals surface area contributed by atoms with Gasteiger partial charge in [-0.3, -0.25) is 4.79 Å². The van der Waals surface area contributed by atoms with Crippen LogP contribution < -0.4 is 5.32 Å². The number of amides is 1. The average molecular weight is 293 g/mol. The Balaban J connectivity index is 2.11. The van der Waals surface area contributed by atoms with Crippen molar-refractivity contribution in [3.8, 4) is 11.8 Å². The van der Waals surface area contributed by atoms with E-state index in [2.05, 4.69) is 26.7 Å². The molecule has 0 aromatic carbocycles. The smallest absolute Gasteiger partial charge is 0.266 e. The van der Waals surface area contributed by atoms with Crippen molar-refractivity contribution < 1.29 is 9.90 Å². The minimum atomic E-state index is -0.186. The van der Waals surface area contributed by atoms with Gasteiger partial charge in [0, 0.05) is 18.0 Å². The predicted octanol–water partition coefficient (Wildman–Crippen LogP) is 1.89. The number of anilines is 1. The lowest BCUT2D eigenvalue weighted by Crippen LogP contribution is -2.08. The summed E-state index contributed by atoms with van der Waals surface area (Å²) in [5, 5.41) is 15.7. The van der Waals surface area contributed by atoms with E-state index >= 15 is 0 Å². The highest BCUT2D eigenvalue weighted by molar-refractivity contribution is 7.15. The minimum Gasteiger partial charge on any atom is -0.395 e. The number of carbonyl (C=O) groups excluding carboxylic acids is 1. The number of aliphatic hydroxyl groups is 1. The maximum atomic E-state index is 12.0. The van der Waals surface area contributed by atoms with Gasteiger partial charge in [-0.2, -0.15) is 0 Å². The zero-order chi connectivity index (χ0) is 13.7. The number of carbonyl (C=O) groups is 1. The zero-order valence-electron chi connectivity index (χ0n) is 10.1. The monoisotopic (exact) mass is 293 g/mol. The highest BCUT2D eigenvalue weighted by atomic mass is 32.1. The summed E-state index contributed by atoms with van der Waals surface area (Å²) in [5.74, 6) is 5.62. The first-order valence-electron chi connectivity index (χ1n) is 5.49. The molecule has 0 radical (unpaired) electrons. The fourth-order valence-corrected chi connectivity index (χ4v) is 2.67. The molecule has 0 spiro atoms. The van der Waals surface area contributed by atoms with Crippen LogP contribution in [0.25, 0.3) is 0 Å². The fraction of sp³-hybridized carbons (Fsp3) is 0.250. The van der Waals surface area contributed by atoms with Gasteiger partial charge in [-0.25, -0.2) is 0 Å². The van der Waals surface area contributed by atoms with Crippen LogP contribution in [0.4, 0.5) is 5.00 Å². The molecule has 0 atom stereocenters. The van der Waals surface area contributed by atoms with Gasteiger partial charge in [0.2, 0.25) is 0 Å². The van der Waals surface area contributed by atoms with E-state index in [1.54, 1.807) is 6.07 Å². The molecule has 2 aromatic heterocycles. The van der Waals surface area contributed by atoms with Crippen LogP contribution in [0.15, 0.2) is 12.3 Å². The van der Waals surface area contributed by atoms with Crippen molar-refractivity contribution in [2.75, 3.05) is 11.9 Å². The SMILES string of the molecule is Cc1cc(C(=O)Nc2cnns2)sc1C#CCCO. The summed E-state index contributed by atoms with van der Waals surface area (Å²) in [6, 6.07) is 1.80. The Morgan fingerprint density at radius 1 is 1.58 bits per heavy atom. The van der Waals surface area contributed by atoms with Crippen LogP contribution in [-0.4, -0.2) is 27.2 Å². The summed E-state index contributed by atoms with van der Waals surface area (Å²) in [5.41, 5.74) is 0.961. The molecule has 19 heavy (non-hydrogen) atoms. The summed E-state index contributed by atoms with van der Waals surface area (Å²) in [7, 11) is 0. The number of aromatic nitrogens is 2. The first-order chi connectivity index (χ1) is 9.20. The molecule has 7 heteroatoms. The van der Waals surface area contributed by atoms with Crippen LogP contribution in [0, 0.1) is 18.8 Å². The molecule has 2 N–H and O–H groups in total. The summed E-state index contributed by atoms with van der Waals surface area (Å²) < 4.78 is 3.68. The number of rotatable bonds is 3. The molecular weight excluding hydrogens is 282 g/mol. The van der Waals surface area contributed by atoms with E-state index in [0.717, 1.165) is 22.0 Å². The van der Waals surface area contributed by atoms with Crippen molar-refractivity contribution in [1.82, 2.24) is 9.59 Å². The van der Waals surface area contributed by atoms with Gasteiger partial charge < -0.3 is 10.4 Å². The molecule has 0 saturated heterocycles. The number of aryl methyl sites for hydroxylation is 1. The Kier molecular flexibility index (Phi) is 4.63. The third kappa shape index (κ3) is 3.61. The number of hydrogen-bond donors (Lipinski definition) is 2. The van der Waals surface area contributed by atoms with Crippen LogP contribution >= 0.6 is 22.9 Å². The second kappa shape index (κ2) is 6.43. The molecule has 2 aromatic rings. The topological polar surface area (TPSA) is 75.1 Å². The standard InChI is InChI=1S/C12H11N3O2S2/c1-8-6-10(18-9(8)4-2-3-5-16)12(17)14-11-7-13-15-19-11/h6-7,16H,3,5H2,1H3,(H,14,17). The van der Waals surface area contributed by atoms with Gasteiger partial charge in [0.25, 0.3) is 5.91 Å². The van der Waals surface area contributed by atoms with Gasteiger partial charge in [-0.05, 0) is 18.6 Å². The molecule has 0 aliphatic carbocycles. The maximum absolute atomic E-state index is 12.0. The predicted molar refractivity (Wildman–Crippen MR) is 75.5 cm³/mol. The second-order valence-corrected chi connectivity index (χ2v) is 5.47. The number of hydrogen-bond acceptors (Lipinski definition) is 6. The maximum Gasteiger partial charge on any atom is 0.266 e. The Morgan fingerprint density at radius 2 is 2.42 bits per heavy atom. The number of nitrogens with zero attached hydrogens (tertiary/aromatic N) is 2. The van der Waals surface area contributed by atoms with Crippen LogP contribution in [0.5, 0.6) is 0 Å². The number of thiophene rings is 1. The Morgan fingerprint density at radius 3 is 3.11 bits per heavy atom. The van der Waals surface area contributed by atoms with E-state index < -0.39 is 0 Å². The number of nitrogens with one attached hydrogen (secondary N) is 1. The van der Waals surface area contributed by atoms with E-state index in [4.69, 9.17) is 5.11 Å². The van der Waals surface area contributed by atoms with Crippen molar-refractivity contribution in [1.29, 1.82) is 0 Å². The molecule has 2 heterocycles. The van der Waals surface area contributed by atoms with Crippen molar-refractivity contribution in [2.24, 2.45) is 0 Å². The minimum absolute atomic E-state index is 0.0448. The first-order valence-corrected chi connectivity index (χ1v) is 7.08. The van der Waals surface area contributed by atoms with Crippen molar-refractivity contribution in [3.05, 3.63) is 27.6 Å². The van der Waals surface area contributed by atoms with Gasteiger partial charge in [0.1, 0.15) is 5.00 Å². The molecule has 0 aliphatic heterocycles. The second-order valence-electron chi connectivity index (χ2n) is 3.63.